The molecule has 0 aliphatic rings. The molecule has 0 aromatic heterocycles. The highest BCUT2D eigenvalue weighted by atomic mass is 16.5. The highest BCUT2D eigenvalue weighted by molar-refractivity contribution is 5.93. The molecule has 0 N–H and O–H groups in total. The van der Waals surface area contributed by atoms with Crippen LogP contribution in [0.2, 0.25) is 0 Å². The lowest BCUT2D eigenvalue weighted by atomic mass is 10.1. The van der Waals surface area contributed by atoms with E-state index in [1.165, 1.54) is 0 Å². The largest absolute Gasteiger partial charge is 0.494 e. The predicted octanol–water partition coefficient (Wildman–Crippen LogP) is 5.01. The minimum Gasteiger partial charge on any atom is -0.494 e. The SMILES string of the molecule is CCCCOc1ccc2cc(OCCCC)c(C=O)cc2c1. The van der Waals surface area contributed by atoms with E-state index >= 15 is 0 Å². The maximum absolute atomic E-state index is 11.3. The molecule has 0 amide bonds. The lowest BCUT2D eigenvalue weighted by molar-refractivity contribution is 0.111. The van der Waals surface area contributed by atoms with Gasteiger partial charge in [0.2, 0.25) is 0 Å². The molecule has 0 bridgehead atoms. The third kappa shape index (κ3) is 4.23. The van der Waals surface area contributed by atoms with E-state index in [0.29, 0.717) is 17.9 Å². The normalized spacial score (nSPS) is 10.6. The van der Waals surface area contributed by atoms with E-state index in [2.05, 4.69) is 13.8 Å². The van der Waals surface area contributed by atoms with Crippen LogP contribution in [0.5, 0.6) is 11.5 Å². The van der Waals surface area contributed by atoms with Gasteiger partial charge in [0.25, 0.3) is 0 Å². The van der Waals surface area contributed by atoms with Crippen molar-refractivity contribution in [3.05, 3.63) is 35.9 Å². The lowest BCUT2D eigenvalue weighted by Gasteiger charge is -2.11. The number of hydrogen-bond acceptors (Lipinski definition) is 3. The average Bonchev–Trinajstić information content (AvgIpc) is 2.54. The van der Waals surface area contributed by atoms with Crippen molar-refractivity contribution in [3.63, 3.8) is 0 Å². The second kappa shape index (κ2) is 8.42. The van der Waals surface area contributed by atoms with E-state index in [-0.39, 0.29) is 0 Å². The molecule has 0 spiro atoms. The number of carbonyl (C=O) groups is 1. The molecule has 0 atom stereocenters. The number of rotatable bonds is 9. The van der Waals surface area contributed by atoms with E-state index in [9.17, 15) is 4.79 Å². The van der Waals surface area contributed by atoms with Crippen LogP contribution in [0.15, 0.2) is 30.3 Å². The van der Waals surface area contributed by atoms with Gasteiger partial charge in [0.05, 0.1) is 18.8 Å². The molecule has 2 aromatic rings. The van der Waals surface area contributed by atoms with Gasteiger partial charge in [0, 0.05) is 0 Å². The van der Waals surface area contributed by atoms with Crippen molar-refractivity contribution in [2.24, 2.45) is 0 Å². The van der Waals surface area contributed by atoms with Crippen LogP contribution in [0.1, 0.15) is 49.9 Å². The highest BCUT2D eigenvalue weighted by Gasteiger charge is 2.07. The summed E-state index contributed by atoms with van der Waals surface area (Å²) in [7, 11) is 0. The van der Waals surface area contributed by atoms with Crippen molar-refractivity contribution in [1.29, 1.82) is 0 Å². The first kappa shape index (κ1) is 16.3. The Labute approximate surface area is 132 Å². The first-order chi connectivity index (χ1) is 10.8. The third-order valence-electron chi connectivity index (χ3n) is 3.59. The second-order valence-electron chi connectivity index (χ2n) is 5.42. The summed E-state index contributed by atoms with van der Waals surface area (Å²) in [6.45, 7) is 5.62. The van der Waals surface area contributed by atoms with E-state index in [0.717, 1.165) is 55.1 Å². The topological polar surface area (TPSA) is 35.5 Å². The molecular formula is C19H24O3. The summed E-state index contributed by atoms with van der Waals surface area (Å²) in [4.78, 5) is 11.3. The molecule has 0 aliphatic carbocycles. The van der Waals surface area contributed by atoms with Gasteiger partial charge in [-0.05, 0) is 47.9 Å². The second-order valence-corrected chi connectivity index (χ2v) is 5.42. The lowest BCUT2D eigenvalue weighted by Crippen LogP contribution is -2.00. The van der Waals surface area contributed by atoms with Crippen LogP contribution in [0.25, 0.3) is 10.8 Å². The van der Waals surface area contributed by atoms with Gasteiger partial charge >= 0.3 is 0 Å². The Morgan fingerprint density at radius 3 is 2.32 bits per heavy atom. The fourth-order valence-corrected chi connectivity index (χ4v) is 2.24. The Morgan fingerprint density at radius 1 is 0.909 bits per heavy atom. The molecule has 0 radical (unpaired) electrons. The first-order valence-electron chi connectivity index (χ1n) is 8.07. The molecule has 0 heterocycles. The number of carbonyl (C=O) groups excluding carboxylic acids is 1. The smallest absolute Gasteiger partial charge is 0.153 e. The minimum absolute atomic E-state index is 0.592. The van der Waals surface area contributed by atoms with Crippen molar-refractivity contribution in [2.45, 2.75) is 39.5 Å². The third-order valence-corrected chi connectivity index (χ3v) is 3.59. The Balaban J connectivity index is 2.22. The van der Waals surface area contributed by atoms with Crippen molar-refractivity contribution in [3.8, 4) is 11.5 Å². The van der Waals surface area contributed by atoms with Gasteiger partial charge in [-0.25, -0.2) is 0 Å². The molecular weight excluding hydrogens is 276 g/mol. The van der Waals surface area contributed by atoms with Gasteiger partial charge in [-0.3, -0.25) is 4.79 Å². The van der Waals surface area contributed by atoms with Crippen LogP contribution in [0.4, 0.5) is 0 Å². The Hall–Kier alpha value is -2.03. The van der Waals surface area contributed by atoms with Crippen molar-refractivity contribution in [1.82, 2.24) is 0 Å². The summed E-state index contributed by atoms with van der Waals surface area (Å²) in [6.07, 6.45) is 5.07. The molecule has 118 valence electrons. The molecule has 2 aromatic carbocycles. The predicted molar refractivity (Wildman–Crippen MR) is 90.1 cm³/mol. The minimum atomic E-state index is 0.592. The summed E-state index contributed by atoms with van der Waals surface area (Å²) in [5.74, 6) is 1.51. The van der Waals surface area contributed by atoms with Crippen molar-refractivity contribution in [2.75, 3.05) is 13.2 Å². The fraction of sp³-hybridized carbons (Fsp3) is 0.421. The number of aldehydes is 1. The quantitative estimate of drug-likeness (QED) is 0.482. The average molecular weight is 300 g/mol. The van der Waals surface area contributed by atoms with Gasteiger partial charge < -0.3 is 9.47 Å². The van der Waals surface area contributed by atoms with Gasteiger partial charge in [-0.15, -0.1) is 0 Å². The number of unbranched alkanes of at least 4 members (excludes halogenated alkanes) is 2. The molecule has 0 aliphatic heterocycles. The van der Waals surface area contributed by atoms with E-state index in [1.807, 2.05) is 30.3 Å². The number of hydrogen-bond donors (Lipinski definition) is 0. The van der Waals surface area contributed by atoms with E-state index in [4.69, 9.17) is 9.47 Å². The molecule has 3 heteroatoms. The summed E-state index contributed by atoms with van der Waals surface area (Å²) in [5.41, 5.74) is 0.592. The summed E-state index contributed by atoms with van der Waals surface area (Å²) in [5, 5.41) is 2.05. The number of ether oxygens (including phenoxy) is 2. The van der Waals surface area contributed by atoms with Crippen LogP contribution in [-0.4, -0.2) is 19.5 Å². The zero-order valence-corrected chi connectivity index (χ0v) is 13.4. The Morgan fingerprint density at radius 2 is 1.64 bits per heavy atom. The maximum atomic E-state index is 11.3. The first-order valence-corrected chi connectivity index (χ1v) is 8.07. The van der Waals surface area contributed by atoms with E-state index in [1.54, 1.807) is 0 Å². The van der Waals surface area contributed by atoms with Crippen molar-refractivity contribution >= 4 is 17.1 Å². The van der Waals surface area contributed by atoms with Crippen LogP contribution < -0.4 is 9.47 Å². The molecule has 0 unspecified atom stereocenters. The highest BCUT2D eigenvalue weighted by Crippen LogP contribution is 2.28. The molecule has 22 heavy (non-hydrogen) atoms. The molecule has 3 nitrogen and oxygen atoms in total. The van der Waals surface area contributed by atoms with Crippen LogP contribution >= 0.6 is 0 Å². The summed E-state index contributed by atoms with van der Waals surface area (Å²) in [6, 6.07) is 9.76. The van der Waals surface area contributed by atoms with Crippen LogP contribution in [0, 0.1) is 0 Å². The monoisotopic (exact) mass is 300 g/mol. The maximum Gasteiger partial charge on any atom is 0.153 e. The molecule has 0 saturated heterocycles. The van der Waals surface area contributed by atoms with E-state index < -0.39 is 0 Å². The molecule has 0 saturated carbocycles. The van der Waals surface area contributed by atoms with Gasteiger partial charge in [-0.2, -0.15) is 0 Å². The molecule has 0 fully saturated rings. The summed E-state index contributed by atoms with van der Waals surface area (Å²) >= 11 is 0. The van der Waals surface area contributed by atoms with Gasteiger partial charge in [-0.1, -0.05) is 32.8 Å². The van der Waals surface area contributed by atoms with Gasteiger partial charge in [0.1, 0.15) is 11.5 Å². The number of benzene rings is 2. The van der Waals surface area contributed by atoms with Crippen LogP contribution in [-0.2, 0) is 0 Å². The summed E-state index contributed by atoms with van der Waals surface area (Å²) < 4.78 is 11.4. The standard InChI is InChI=1S/C19H24O3/c1-3-5-9-21-18-8-7-15-13-19(22-10-6-4-2)17(14-20)11-16(15)12-18/h7-8,11-14H,3-6,9-10H2,1-2H3. The zero-order valence-electron chi connectivity index (χ0n) is 13.4. The Kier molecular flexibility index (Phi) is 6.26. The van der Waals surface area contributed by atoms with Crippen LogP contribution in [0.3, 0.4) is 0 Å². The Bertz CT molecular complexity index is 619. The zero-order chi connectivity index (χ0) is 15.8. The fourth-order valence-electron chi connectivity index (χ4n) is 2.24. The van der Waals surface area contributed by atoms with Gasteiger partial charge in [0.15, 0.2) is 6.29 Å². The molecule has 2 rings (SSSR count). The number of fused-ring (bicyclic) bond motifs is 1. The van der Waals surface area contributed by atoms with Crippen molar-refractivity contribution < 1.29 is 14.3 Å².